The van der Waals surface area contributed by atoms with E-state index in [9.17, 15) is 5.11 Å². The molecule has 1 aliphatic heterocycles. The summed E-state index contributed by atoms with van der Waals surface area (Å²) in [5.74, 6) is 0.988. The van der Waals surface area contributed by atoms with Gasteiger partial charge in [0.15, 0.2) is 11.7 Å². The van der Waals surface area contributed by atoms with Gasteiger partial charge in [0.2, 0.25) is 0 Å². The van der Waals surface area contributed by atoms with Gasteiger partial charge in [0.25, 0.3) is 0 Å². The van der Waals surface area contributed by atoms with Crippen LogP contribution in [0.4, 0.5) is 0 Å². The summed E-state index contributed by atoms with van der Waals surface area (Å²) in [5, 5.41) is 10.4. The molecular weight excluding hydrogens is 328 g/mol. The van der Waals surface area contributed by atoms with Gasteiger partial charge in [-0.25, -0.2) is 0 Å². The highest BCUT2D eigenvalue weighted by atomic mass is 16.5. The molecule has 0 aliphatic carbocycles. The normalized spacial score (nSPS) is 13.1. The molecule has 0 amide bonds. The third-order valence-corrected chi connectivity index (χ3v) is 3.97. The van der Waals surface area contributed by atoms with Crippen molar-refractivity contribution in [2.24, 2.45) is 16.5 Å². The Morgan fingerprint density at radius 2 is 1.88 bits per heavy atom. The lowest BCUT2D eigenvalue weighted by Crippen LogP contribution is -2.23. The Morgan fingerprint density at radius 3 is 2.65 bits per heavy atom. The van der Waals surface area contributed by atoms with Crippen LogP contribution >= 0.6 is 0 Å². The summed E-state index contributed by atoms with van der Waals surface area (Å²) in [7, 11) is 0. The van der Waals surface area contributed by atoms with Crippen LogP contribution in [0.3, 0.4) is 0 Å². The van der Waals surface area contributed by atoms with Crippen LogP contribution in [0.5, 0.6) is 5.75 Å². The molecule has 134 valence electrons. The first-order chi connectivity index (χ1) is 12.6. The van der Waals surface area contributed by atoms with E-state index in [1.54, 1.807) is 12.3 Å². The molecule has 2 aromatic carbocycles. The van der Waals surface area contributed by atoms with Crippen LogP contribution in [0.15, 0.2) is 72.2 Å². The van der Waals surface area contributed by atoms with Crippen molar-refractivity contribution < 1.29 is 9.84 Å². The van der Waals surface area contributed by atoms with E-state index in [4.69, 9.17) is 16.2 Å². The predicted octanol–water partition coefficient (Wildman–Crippen LogP) is 2.82. The fourth-order valence-electron chi connectivity index (χ4n) is 2.79. The Bertz CT molecular complexity index is 840. The molecule has 0 spiro atoms. The number of nitrogens with zero attached hydrogens (tertiary/aromatic N) is 2. The van der Waals surface area contributed by atoms with Gasteiger partial charge in [0.05, 0.1) is 0 Å². The van der Waals surface area contributed by atoms with Crippen LogP contribution in [0.25, 0.3) is 16.9 Å². The number of nitrogens with two attached hydrogens (primary N) is 2. The van der Waals surface area contributed by atoms with E-state index in [2.05, 4.69) is 4.99 Å². The summed E-state index contributed by atoms with van der Waals surface area (Å²) in [5.41, 5.74) is 13.2. The van der Waals surface area contributed by atoms with Crippen molar-refractivity contribution in [3.05, 3.63) is 72.8 Å². The molecule has 0 radical (unpaired) electrons. The second-order valence-electron chi connectivity index (χ2n) is 5.86. The van der Waals surface area contributed by atoms with E-state index in [0.29, 0.717) is 12.3 Å². The monoisotopic (exact) mass is 350 g/mol. The molecule has 26 heavy (non-hydrogen) atoms. The average Bonchev–Trinajstić information content (AvgIpc) is 2.66. The van der Waals surface area contributed by atoms with E-state index in [1.165, 1.54) is 0 Å². The summed E-state index contributed by atoms with van der Waals surface area (Å²) < 4.78 is 5.72. The maximum absolute atomic E-state index is 10.4. The van der Waals surface area contributed by atoms with E-state index in [0.717, 1.165) is 29.7 Å². The second kappa shape index (κ2) is 8.11. The molecule has 2 aromatic rings. The molecule has 0 saturated heterocycles. The molecule has 0 atom stereocenters. The predicted molar refractivity (Wildman–Crippen MR) is 104 cm³/mol. The van der Waals surface area contributed by atoms with Gasteiger partial charge in [-0.1, -0.05) is 42.5 Å². The third kappa shape index (κ3) is 4.16. The number of ether oxygens (including phenoxy) is 1. The summed E-state index contributed by atoms with van der Waals surface area (Å²) >= 11 is 0. The van der Waals surface area contributed by atoms with Crippen LogP contribution in [-0.4, -0.2) is 29.1 Å². The molecule has 0 aromatic heterocycles. The molecule has 6 heteroatoms. The lowest BCUT2D eigenvalue weighted by molar-refractivity contribution is 0.370. The SMILES string of the molecule is NC(N)=NCCCN1C=COC(c2cccc(O)c2-c2ccccc2)=C1. The van der Waals surface area contributed by atoms with Crippen molar-refractivity contribution in [1.82, 2.24) is 4.90 Å². The summed E-state index contributed by atoms with van der Waals surface area (Å²) in [6.45, 7) is 1.32. The van der Waals surface area contributed by atoms with Gasteiger partial charge in [-0.2, -0.15) is 0 Å². The van der Waals surface area contributed by atoms with Crippen molar-refractivity contribution in [2.75, 3.05) is 13.1 Å². The van der Waals surface area contributed by atoms with Gasteiger partial charge < -0.3 is 26.2 Å². The summed E-state index contributed by atoms with van der Waals surface area (Å²) in [6.07, 6.45) is 6.20. The van der Waals surface area contributed by atoms with Crippen LogP contribution in [0.1, 0.15) is 12.0 Å². The number of benzene rings is 2. The minimum absolute atomic E-state index is 0.103. The minimum atomic E-state index is 0.103. The zero-order chi connectivity index (χ0) is 18.4. The fourth-order valence-corrected chi connectivity index (χ4v) is 2.79. The molecule has 5 N–H and O–H groups in total. The van der Waals surface area contributed by atoms with E-state index < -0.39 is 0 Å². The fraction of sp³-hybridized carbons (Fsp3) is 0.150. The number of aliphatic imine (C=N–C) groups is 1. The number of guanidine groups is 1. The van der Waals surface area contributed by atoms with E-state index in [1.807, 2.05) is 59.8 Å². The van der Waals surface area contributed by atoms with Crippen molar-refractivity contribution in [1.29, 1.82) is 0 Å². The van der Waals surface area contributed by atoms with Crippen LogP contribution in [-0.2, 0) is 4.74 Å². The quantitative estimate of drug-likeness (QED) is 0.423. The largest absolute Gasteiger partial charge is 0.507 e. The first-order valence-electron chi connectivity index (χ1n) is 8.39. The van der Waals surface area contributed by atoms with Gasteiger partial charge in [0.1, 0.15) is 12.0 Å². The zero-order valence-corrected chi connectivity index (χ0v) is 14.4. The zero-order valence-electron chi connectivity index (χ0n) is 14.4. The molecule has 1 aliphatic rings. The Hall–Kier alpha value is -3.41. The summed E-state index contributed by atoms with van der Waals surface area (Å²) in [6, 6.07) is 15.2. The van der Waals surface area contributed by atoms with Crippen molar-refractivity contribution in [3.8, 4) is 16.9 Å². The number of phenols is 1. The number of aromatic hydroxyl groups is 1. The van der Waals surface area contributed by atoms with Gasteiger partial charge in [-0.3, -0.25) is 4.99 Å². The topological polar surface area (TPSA) is 97.1 Å². The lowest BCUT2D eigenvalue weighted by Gasteiger charge is -2.22. The van der Waals surface area contributed by atoms with Crippen molar-refractivity contribution in [3.63, 3.8) is 0 Å². The Labute approximate surface area is 152 Å². The maximum Gasteiger partial charge on any atom is 0.185 e. The highest BCUT2D eigenvalue weighted by Crippen LogP contribution is 2.37. The van der Waals surface area contributed by atoms with E-state index in [-0.39, 0.29) is 11.7 Å². The smallest absolute Gasteiger partial charge is 0.185 e. The van der Waals surface area contributed by atoms with Crippen molar-refractivity contribution >= 4 is 11.7 Å². The molecule has 0 unspecified atom stereocenters. The van der Waals surface area contributed by atoms with E-state index >= 15 is 0 Å². The highest BCUT2D eigenvalue weighted by Gasteiger charge is 2.17. The van der Waals surface area contributed by atoms with Crippen LogP contribution in [0, 0.1) is 0 Å². The highest BCUT2D eigenvalue weighted by molar-refractivity contribution is 5.83. The molecule has 1 heterocycles. The van der Waals surface area contributed by atoms with Crippen molar-refractivity contribution in [2.45, 2.75) is 6.42 Å². The number of rotatable bonds is 6. The average molecular weight is 350 g/mol. The minimum Gasteiger partial charge on any atom is -0.507 e. The van der Waals surface area contributed by atoms with Gasteiger partial charge in [-0.05, 0) is 18.1 Å². The standard InChI is InChI=1S/C20H22N4O2/c21-20(22)23-10-5-11-24-12-13-26-18(14-24)16-8-4-9-17(25)19(16)15-6-2-1-3-7-15/h1-4,6-9,12-14,25H,5,10-11H2,(H4,21,22,23). The number of phenolic OH excluding ortho intramolecular Hbond substituents is 1. The lowest BCUT2D eigenvalue weighted by atomic mass is 9.97. The molecule has 3 rings (SSSR count). The van der Waals surface area contributed by atoms with Gasteiger partial charge >= 0.3 is 0 Å². The Balaban J connectivity index is 1.85. The van der Waals surface area contributed by atoms with Crippen LogP contribution < -0.4 is 11.5 Å². The Morgan fingerprint density at radius 1 is 1.08 bits per heavy atom. The second-order valence-corrected chi connectivity index (χ2v) is 5.86. The maximum atomic E-state index is 10.4. The van der Waals surface area contributed by atoms with Gasteiger partial charge in [-0.15, -0.1) is 0 Å². The first-order valence-corrected chi connectivity index (χ1v) is 8.39. The molecule has 0 fully saturated rings. The molecule has 6 nitrogen and oxygen atoms in total. The third-order valence-electron chi connectivity index (χ3n) is 3.97. The van der Waals surface area contributed by atoms with Crippen LogP contribution in [0.2, 0.25) is 0 Å². The summed E-state index contributed by atoms with van der Waals surface area (Å²) in [4.78, 5) is 6.00. The number of hydrogen-bond acceptors (Lipinski definition) is 4. The van der Waals surface area contributed by atoms with Gasteiger partial charge in [0, 0.05) is 36.6 Å². The Kier molecular flexibility index (Phi) is 5.43. The number of hydrogen-bond donors (Lipinski definition) is 3. The first kappa shape index (κ1) is 17.4. The molecule has 0 saturated carbocycles. The molecular formula is C20H22N4O2. The molecule has 0 bridgehead atoms.